The molecular formula is C14H20F6S2. The van der Waals surface area contributed by atoms with Crippen LogP contribution in [0.3, 0.4) is 0 Å². The largest absolute Gasteiger partial charge is 0.422 e. The second kappa shape index (κ2) is 7.11. The van der Waals surface area contributed by atoms with Crippen molar-refractivity contribution < 1.29 is 26.3 Å². The molecule has 0 aliphatic carbocycles. The SMILES string of the molecule is CC(C)(C)S/C(=C\C=C(/SC(C)(C)C)C(F)(F)F)C(F)(F)F. The molecule has 8 heteroatoms. The number of hydrogen-bond donors (Lipinski definition) is 0. The van der Waals surface area contributed by atoms with Crippen molar-refractivity contribution >= 4 is 23.5 Å². The summed E-state index contributed by atoms with van der Waals surface area (Å²) >= 11 is 0.989. The number of hydrogen-bond acceptors (Lipinski definition) is 2. The van der Waals surface area contributed by atoms with Gasteiger partial charge in [0.05, 0.1) is 9.81 Å². The molecule has 0 nitrogen and oxygen atoms in total. The summed E-state index contributed by atoms with van der Waals surface area (Å²) in [5, 5.41) is 0. The molecule has 0 radical (unpaired) electrons. The first-order chi connectivity index (χ1) is 9.42. The van der Waals surface area contributed by atoms with Gasteiger partial charge in [0.15, 0.2) is 0 Å². The van der Waals surface area contributed by atoms with Crippen LogP contribution >= 0.6 is 23.5 Å². The zero-order valence-corrected chi connectivity index (χ0v) is 14.9. The van der Waals surface area contributed by atoms with Gasteiger partial charge >= 0.3 is 12.4 Å². The summed E-state index contributed by atoms with van der Waals surface area (Å²) in [6.45, 7) is 9.39. The lowest BCUT2D eigenvalue weighted by Crippen LogP contribution is -2.18. The number of rotatable bonds is 3. The molecular weight excluding hydrogens is 346 g/mol. The number of alkyl halides is 6. The Bertz CT molecular complexity index is 388. The van der Waals surface area contributed by atoms with Gasteiger partial charge in [0.2, 0.25) is 0 Å². The minimum Gasteiger partial charge on any atom is -0.166 e. The molecule has 0 unspecified atom stereocenters. The topological polar surface area (TPSA) is 0 Å². The lowest BCUT2D eigenvalue weighted by Gasteiger charge is -2.23. The van der Waals surface area contributed by atoms with Crippen molar-refractivity contribution in [2.24, 2.45) is 0 Å². The maximum atomic E-state index is 12.9. The number of halogens is 6. The van der Waals surface area contributed by atoms with Gasteiger partial charge < -0.3 is 0 Å². The molecule has 0 aromatic heterocycles. The fourth-order valence-electron chi connectivity index (χ4n) is 1.18. The third kappa shape index (κ3) is 9.71. The van der Waals surface area contributed by atoms with E-state index < -0.39 is 31.7 Å². The van der Waals surface area contributed by atoms with Crippen LogP contribution in [0.25, 0.3) is 0 Å². The summed E-state index contributed by atoms with van der Waals surface area (Å²) < 4.78 is 76.1. The molecule has 0 atom stereocenters. The van der Waals surface area contributed by atoms with Crippen molar-refractivity contribution in [1.82, 2.24) is 0 Å². The first-order valence-electron chi connectivity index (χ1n) is 6.36. The standard InChI is InChI=1S/C14H20F6S2/c1-11(2,3)21-9(13(15,16)17)7-8-10(14(18,19)20)22-12(4,5)6/h7-8H,1-6H3/b9-7-,10-8-. The van der Waals surface area contributed by atoms with Crippen molar-refractivity contribution in [3.05, 3.63) is 22.0 Å². The van der Waals surface area contributed by atoms with Gasteiger partial charge in [0, 0.05) is 9.49 Å². The van der Waals surface area contributed by atoms with E-state index in [0.717, 1.165) is 0 Å². The van der Waals surface area contributed by atoms with Crippen LogP contribution in [0, 0.1) is 0 Å². The van der Waals surface area contributed by atoms with Gasteiger partial charge in [0.25, 0.3) is 0 Å². The molecule has 0 fully saturated rings. The van der Waals surface area contributed by atoms with Crippen LogP contribution in [-0.4, -0.2) is 21.8 Å². The summed E-state index contributed by atoms with van der Waals surface area (Å²) in [6, 6.07) is 0. The van der Waals surface area contributed by atoms with E-state index >= 15 is 0 Å². The van der Waals surface area contributed by atoms with Crippen LogP contribution in [0.4, 0.5) is 26.3 Å². The van der Waals surface area contributed by atoms with Crippen molar-refractivity contribution in [3.8, 4) is 0 Å². The van der Waals surface area contributed by atoms with E-state index in [4.69, 9.17) is 0 Å². The molecule has 0 aliphatic rings. The van der Waals surface area contributed by atoms with E-state index in [2.05, 4.69) is 0 Å². The Labute approximate surface area is 135 Å². The molecule has 0 N–H and O–H groups in total. The maximum absolute atomic E-state index is 12.9. The average molecular weight is 366 g/mol. The highest BCUT2D eigenvalue weighted by Crippen LogP contribution is 2.44. The van der Waals surface area contributed by atoms with Gasteiger partial charge in [-0.15, -0.1) is 23.5 Å². The molecule has 0 amide bonds. The van der Waals surface area contributed by atoms with Crippen LogP contribution in [-0.2, 0) is 0 Å². The first-order valence-corrected chi connectivity index (χ1v) is 7.99. The second-order valence-electron chi connectivity index (χ2n) is 6.49. The summed E-state index contributed by atoms with van der Waals surface area (Å²) in [7, 11) is 0. The maximum Gasteiger partial charge on any atom is 0.422 e. The molecule has 0 rings (SSSR count). The Morgan fingerprint density at radius 1 is 0.591 bits per heavy atom. The molecule has 0 aliphatic heterocycles. The zero-order chi connectivity index (χ0) is 18.0. The van der Waals surface area contributed by atoms with Gasteiger partial charge in [-0.2, -0.15) is 26.3 Å². The molecule has 0 aromatic rings. The monoisotopic (exact) mass is 366 g/mol. The van der Waals surface area contributed by atoms with Crippen LogP contribution in [0.2, 0.25) is 0 Å². The van der Waals surface area contributed by atoms with Gasteiger partial charge in [0.1, 0.15) is 0 Å². The molecule has 0 saturated carbocycles. The molecule has 0 heterocycles. The Morgan fingerprint density at radius 3 is 0.955 bits per heavy atom. The highest BCUT2D eigenvalue weighted by molar-refractivity contribution is 8.04. The zero-order valence-electron chi connectivity index (χ0n) is 13.2. The number of thioether (sulfide) groups is 2. The normalized spacial score (nSPS) is 16.2. The summed E-state index contributed by atoms with van der Waals surface area (Å²) in [5.74, 6) is 0. The lowest BCUT2D eigenvalue weighted by molar-refractivity contribution is -0.0858. The Hall–Kier alpha value is -0.240. The first kappa shape index (κ1) is 21.8. The fourth-order valence-corrected chi connectivity index (χ4v) is 3.01. The van der Waals surface area contributed by atoms with Crippen molar-refractivity contribution in [2.45, 2.75) is 63.4 Å². The predicted molar refractivity (Wildman–Crippen MR) is 83.0 cm³/mol. The highest BCUT2D eigenvalue weighted by atomic mass is 32.2. The predicted octanol–water partition coefficient (Wildman–Crippen LogP) is 6.94. The summed E-state index contributed by atoms with van der Waals surface area (Å²) in [5.41, 5.74) is 0. The van der Waals surface area contributed by atoms with Crippen molar-refractivity contribution in [3.63, 3.8) is 0 Å². The fraction of sp³-hybridized carbons (Fsp3) is 0.714. The van der Waals surface area contributed by atoms with Crippen molar-refractivity contribution in [2.75, 3.05) is 0 Å². The molecule has 0 aromatic carbocycles. The number of allylic oxidation sites excluding steroid dienone is 4. The highest BCUT2D eigenvalue weighted by Gasteiger charge is 2.39. The van der Waals surface area contributed by atoms with Crippen molar-refractivity contribution in [1.29, 1.82) is 0 Å². The van der Waals surface area contributed by atoms with Gasteiger partial charge in [-0.25, -0.2) is 0 Å². The quantitative estimate of drug-likeness (QED) is 0.392. The molecule has 0 saturated heterocycles. The second-order valence-corrected chi connectivity index (χ2v) is 10.2. The van der Waals surface area contributed by atoms with Crippen LogP contribution < -0.4 is 0 Å². The third-order valence-corrected chi connectivity index (χ3v) is 4.18. The average Bonchev–Trinajstić information content (AvgIpc) is 2.15. The van der Waals surface area contributed by atoms with E-state index in [0.29, 0.717) is 35.7 Å². The molecule has 0 bridgehead atoms. The smallest absolute Gasteiger partial charge is 0.166 e. The Kier molecular flexibility index (Phi) is 7.03. The van der Waals surface area contributed by atoms with Crippen LogP contribution in [0.5, 0.6) is 0 Å². The lowest BCUT2D eigenvalue weighted by atomic mass is 10.3. The van der Waals surface area contributed by atoms with Crippen LogP contribution in [0.1, 0.15) is 41.5 Å². The third-order valence-electron chi connectivity index (χ3n) is 1.78. The van der Waals surface area contributed by atoms with Crippen LogP contribution in [0.15, 0.2) is 22.0 Å². The Morgan fingerprint density at radius 2 is 0.818 bits per heavy atom. The molecule has 22 heavy (non-hydrogen) atoms. The van der Waals surface area contributed by atoms with E-state index in [-0.39, 0.29) is 0 Å². The molecule has 0 spiro atoms. The van der Waals surface area contributed by atoms with Gasteiger partial charge in [-0.1, -0.05) is 41.5 Å². The Balaban J connectivity index is 5.70. The van der Waals surface area contributed by atoms with Gasteiger partial charge in [-0.3, -0.25) is 0 Å². The van der Waals surface area contributed by atoms with E-state index in [1.807, 2.05) is 0 Å². The van der Waals surface area contributed by atoms with E-state index in [1.54, 1.807) is 41.5 Å². The summed E-state index contributed by atoms with van der Waals surface area (Å²) in [4.78, 5) is -2.09. The summed E-state index contributed by atoms with van der Waals surface area (Å²) in [6.07, 6.45) is -8.34. The van der Waals surface area contributed by atoms with E-state index in [1.165, 1.54) is 0 Å². The molecule has 130 valence electrons. The minimum atomic E-state index is -4.68. The van der Waals surface area contributed by atoms with Gasteiger partial charge in [-0.05, 0) is 12.2 Å². The van der Waals surface area contributed by atoms with E-state index in [9.17, 15) is 26.3 Å². The minimum absolute atomic E-state index is 0.494.